The Bertz CT molecular complexity index is 449. The molecule has 0 amide bonds. The molecule has 0 bridgehead atoms. The Kier molecular flexibility index (Phi) is 8.53. The standard InChI is InChI=1S/C10H10.C7H20N3P/c1-3-9-7-5-6-8-10(9)4-2;1-8(2)11(7,9(3)4)10(5)6/h3-8H,1-2H2;7H2,1-6H3. The Morgan fingerprint density at radius 1 is 0.762 bits per heavy atom. The molecule has 0 radical (unpaired) electrons. The molecule has 21 heavy (non-hydrogen) atoms. The van der Waals surface area contributed by atoms with Crippen LogP contribution in [0.3, 0.4) is 0 Å². The zero-order chi connectivity index (χ0) is 16.6. The molecule has 0 unspecified atom stereocenters. The van der Waals surface area contributed by atoms with E-state index in [0.29, 0.717) is 0 Å². The molecule has 118 valence electrons. The fourth-order valence-corrected chi connectivity index (χ4v) is 4.10. The van der Waals surface area contributed by atoms with Gasteiger partial charge in [-0.05, 0) is 53.4 Å². The van der Waals surface area contributed by atoms with E-state index in [0.717, 1.165) is 11.1 Å². The third-order valence-corrected chi connectivity index (χ3v) is 7.20. The third-order valence-electron chi connectivity index (χ3n) is 3.36. The van der Waals surface area contributed by atoms with Crippen molar-refractivity contribution in [2.75, 3.05) is 42.3 Å². The maximum Gasteiger partial charge on any atom is 0.0729 e. The van der Waals surface area contributed by atoms with E-state index in [-0.39, 0.29) is 0 Å². The average molecular weight is 307 g/mol. The number of nitrogens with zero attached hydrogens (tertiary/aromatic N) is 3. The Labute approximate surface area is 131 Å². The smallest absolute Gasteiger partial charge is 0.0729 e. The predicted molar refractivity (Wildman–Crippen MR) is 102 cm³/mol. The van der Waals surface area contributed by atoms with E-state index < -0.39 is 7.34 Å². The monoisotopic (exact) mass is 307 g/mol. The van der Waals surface area contributed by atoms with Crippen LogP contribution in [-0.4, -0.2) is 62.6 Å². The van der Waals surface area contributed by atoms with Crippen molar-refractivity contribution in [1.29, 1.82) is 0 Å². The molecule has 0 aliphatic heterocycles. The van der Waals surface area contributed by atoms with Gasteiger partial charge in [0.2, 0.25) is 0 Å². The minimum atomic E-state index is -1.44. The van der Waals surface area contributed by atoms with E-state index in [1.807, 2.05) is 36.4 Å². The highest BCUT2D eigenvalue weighted by molar-refractivity contribution is 7.66. The molecule has 0 heterocycles. The highest BCUT2D eigenvalue weighted by Gasteiger charge is 2.21. The van der Waals surface area contributed by atoms with Crippen LogP contribution >= 0.6 is 7.34 Å². The molecule has 0 aromatic heterocycles. The molecular weight excluding hydrogens is 277 g/mol. The summed E-state index contributed by atoms with van der Waals surface area (Å²) in [6.45, 7) is 7.38. The summed E-state index contributed by atoms with van der Waals surface area (Å²) in [7, 11) is 11.0. The summed E-state index contributed by atoms with van der Waals surface area (Å²) in [6.07, 6.45) is 7.92. The van der Waals surface area contributed by atoms with Crippen molar-refractivity contribution >= 4 is 25.8 Å². The first-order valence-electron chi connectivity index (χ1n) is 6.82. The normalized spacial score (nSPS) is 11.3. The van der Waals surface area contributed by atoms with Crippen LogP contribution in [0.5, 0.6) is 0 Å². The van der Waals surface area contributed by atoms with Crippen molar-refractivity contribution in [2.24, 2.45) is 0 Å². The molecule has 4 heteroatoms. The zero-order valence-corrected chi connectivity index (χ0v) is 15.3. The van der Waals surface area contributed by atoms with E-state index >= 15 is 0 Å². The second kappa shape index (κ2) is 9.01. The van der Waals surface area contributed by atoms with Gasteiger partial charge in [0.05, 0.1) is 7.34 Å². The van der Waals surface area contributed by atoms with Gasteiger partial charge in [-0.15, -0.1) is 0 Å². The summed E-state index contributed by atoms with van der Waals surface area (Å²) in [4.78, 5) is 0. The second-order valence-electron chi connectivity index (χ2n) is 5.27. The lowest BCUT2D eigenvalue weighted by molar-refractivity contribution is 0.484. The Hall–Kier alpha value is -1.12. The molecule has 0 N–H and O–H groups in total. The van der Waals surface area contributed by atoms with E-state index in [1.54, 1.807) is 0 Å². The molecule has 0 saturated carbocycles. The van der Waals surface area contributed by atoms with Gasteiger partial charge in [-0.2, -0.15) is 0 Å². The summed E-state index contributed by atoms with van der Waals surface area (Å²) < 4.78 is 6.56. The number of benzene rings is 1. The van der Waals surface area contributed by atoms with Gasteiger partial charge < -0.3 is 0 Å². The van der Waals surface area contributed by atoms with Gasteiger partial charge in [0.1, 0.15) is 0 Å². The van der Waals surface area contributed by atoms with Crippen molar-refractivity contribution in [3.05, 3.63) is 48.6 Å². The van der Waals surface area contributed by atoms with Crippen LogP contribution in [0.15, 0.2) is 37.4 Å². The summed E-state index contributed by atoms with van der Waals surface area (Å²) in [5.41, 5.74) is 2.27. The van der Waals surface area contributed by atoms with E-state index in [1.165, 1.54) is 0 Å². The molecule has 0 aliphatic rings. The van der Waals surface area contributed by atoms with Gasteiger partial charge in [-0.25, -0.2) is 0 Å². The first-order chi connectivity index (χ1) is 9.71. The summed E-state index contributed by atoms with van der Waals surface area (Å²) in [5.74, 6) is 0. The lowest BCUT2D eigenvalue weighted by Crippen LogP contribution is -2.30. The van der Waals surface area contributed by atoms with Crippen molar-refractivity contribution in [2.45, 2.75) is 0 Å². The number of hydrogen-bond donors (Lipinski definition) is 0. The van der Waals surface area contributed by atoms with Crippen LogP contribution in [0, 0.1) is 0 Å². The van der Waals surface area contributed by atoms with Gasteiger partial charge in [-0.3, -0.25) is 14.0 Å². The summed E-state index contributed by atoms with van der Waals surface area (Å²) in [6, 6.07) is 8.02. The molecule has 3 nitrogen and oxygen atoms in total. The Balaban J connectivity index is 0.000000382. The molecule has 1 aromatic rings. The predicted octanol–water partition coefficient (Wildman–Crippen LogP) is 3.84. The first-order valence-corrected chi connectivity index (χ1v) is 8.65. The first kappa shape index (κ1) is 19.9. The zero-order valence-electron chi connectivity index (χ0n) is 14.4. The van der Waals surface area contributed by atoms with Crippen molar-refractivity contribution in [3.63, 3.8) is 0 Å². The maximum absolute atomic E-state index is 4.26. The number of hydrogen-bond acceptors (Lipinski definition) is 3. The average Bonchev–Trinajstić information content (AvgIpc) is 2.46. The molecule has 1 aromatic carbocycles. The van der Waals surface area contributed by atoms with Crippen LogP contribution < -0.4 is 0 Å². The minimum absolute atomic E-state index is 1.14. The molecule has 0 fully saturated rings. The fraction of sp³-hybridized carbons (Fsp3) is 0.353. The van der Waals surface area contributed by atoms with Gasteiger partial charge in [0.15, 0.2) is 0 Å². The SMILES string of the molecule is C=Cc1ccccc1C=C.C=P(N(C)C)(N(C)C)N(C)C. The second-order valence-corrected chi connectivity index (χ2v) is 9.06. The highest BCUT2D eigenvalue weighted by atomic mass is 31.2. The van der Waals surface area contributed by atoms with Crippen LogP contribution in [0.4, 0.5) is 0 Å². The van der Waals surface area contributed by atoms with Gasteiger partial charge >= 0.3 is 0 Å². The van der Waals surface area contributed by atoms with Crippen LogP contribution in [0.25, 0.3) is 12.2 Å². The lowest BCUT2D eigenvalue weighted by Gasteiger charge is -2.41. The summed E-state index contributed by atoms with van der Waals surface area (Å²) >= 11 is 0. The molecule has 0 saturated heterocycles. The molecule has 0 aliphatic carbocycles. The van der Waals surface area contributed by atoms with Crippen LogP contribution in [-0.2, 0) is 0 Å². The van der Waals surface area contributed by atoms with E-state index in [9.17, 15) is 0 Å². The van der Waals surface area contributed by atoms with Crippen LogP contribution in [0.1, 0.15) is 11.1 Å². The molecular formula is C17H30N3P. The summed E-state index contributed by atoms with van der Waals surface area (Å²) in [5, 5.41) is 0. The maximum atomic E-state index is 4.26. The largest absolute Gasteiger partial charge is 0.267 e. The Morgan fingerprint density at radius 3 is 1.19 bits per heavy atom. The van der Waals surface area contributed by atoms with Crippen LogP contribution in [0.2, 0.25) is 0 Å². The van der Waals surface area contributed by atoms with Gasteiger partial charge in [0, 0.05) is 0 Å². The minimum Gasteiger partial charge on any atom is -0.267 e. The lowest BCUT2D eigenvalue weighted by atomic mass is 10.1. The van der Waals surface area contributed by atoms with Crippen molar-refractivity contribution in [1.82, 2.24) is 14.0 Å². The molecule has 0 atom stereocenters. The molecule has 1 rings (SSSR count). The highest BCUT2D eigenvalue weighted by Crippen LogP contribution is 2.50. The third kappa shape index (κ3) is 5.29. The Morgan fingerprint density at radius 2 is 1.05 bits per heavy atom. The molecule has 0 spiro atoms. The van der Waals surface area contributed by atoms with E-state index in [4.69, 9.17) is 0 Å². The van der Waals surface area contributed by atoms with Gasteiger partial charge in [0.25, 0.3) is 0 Å². The van der Waals surface area contributed by atoms with Gasteiger partial charge in [-0.1, -0.05) is 55.9 Å². The topological polar surface area (TPSA) is 9.72 Å². The quantitative estimate of drug-likeness (QED) is 0.765. The fourth-order valence-electron chi connectivity index (χ4n) is 1.96. The van der Waals surface area contributed by atoms with Crippen molar-refractivity contribution < 1.29 is 0 Å². The van der Waals surface area contributed by atoms with Crippen molar-refractivity contribution in [3.8, 4) is 0 Å². The van der Waals surface area contributed by atoms with E-state index in [2.05, 4.69) is 75.8 Å². The number of rotatable bonds is 5.